The molecule has 1 fully saturated rings. The van der Waals surface area contributed by atoms with Gasteiger partial charge >= 0.3 is 6.03 Å². The van der Waals surface area contributed by atoms with Crippen molar-refractivity contribution in [2.24, 2.45) is 0 Å². The first-order valence-corrected chi connectivity index (χ1v) is 20.1. The minimum Gasteiger partial charge on any atom is -0.507 e. The molecule has 1 atom stereocenters. The molecule has 1 aromatic heterocycles. The van der Waals surface area contributed by atoms with Crippen molar-refractivity contribution in [1.29, 1.82) is 0 Å². The third kappa shape index (κ3) is 10.2. The highest BCUT2D eigenvalue weighted by Gasteiger charge is 2.22. The normalized spacial score (nSPS) is 13.9. The summed E-state index contributed by atoms with van der Waals surface area (Å²) in [5.74, 6) is 1.41. The zero-order valence-corrected chi connectivity index (χ0v) is 33.3. The number of nitrogens with zero attached hydrogens (tertiary/aromatic N) is 2. The van der Waals surface area contributed by atoms with E-state index in [1.165, 1.54) is 13.4 Å². The van der Waals surface area contributed by atoms with Crippen molar-refractivity contribution in [3.63, 3.8) is 0 Å². The zero-order valence-electron chi connectivity index (χ0n) is 32.4. The smallest absolute Gasteiger partial charge is 0.323 e. The van der Waals surface area contributed by atoms with Crippen LogP contribution in [0, 0.1) is 0 Å². The average Bonchev–Trinajstić information content (AvgIpc) is 3.16. The largest absolute Gasteiger partial charge is 0.507 e. The van der Waals surface area contributed by atoms with E-state index in [0.717, 1.165) is 66.9 Å². The number of fused-ring (bicyclic) bond motifs is 1. The van der Waals surface area contributed by atoms with Crippen LogP contribution in [0.5, 0.6) is 23.0 Å². The van der Waals surface area contributed by atoms with Gasteiger partial charge in [-0.2, -0.15) is 0 Å². The first-order chi connectivity index (χ1) is 26.9. The summed E-state index contributed by atoms with van der Waals surface area (Å²) >= 11 is 0. The van der Waals surface area contributed by atoms with Crippen molar-refractivity contribution in [2.45, 2.75) is 45.4 Å². The lowest BCUT2D eigenvalue weighted by atomic mass is 9.86. The number of methoxy groups -OCH3 is 1. The van der Waals surface area contributed by atoms with Crippen LogP contribution >= 0.6 is 0 Å². The number of ketones is 1. The van der Waals surface area contributed by atoms with Gasteiger partial charge in [0.1, 0.15) is 28.2 Å². The number of aromatic nitrogens is 1. The highest BCUT2D eigenvalue weighted by Crippen LogP contribution is 2.40. The summed E-state index contributed by atoms with van der Waals surface area (Å²) in [5.41, 5.74) is 4.03. The molecular formula is C43H49N5O7S. The number of carbonyl (C=O) groups excluding carboxylic acids is 2. The number of urea groups is 1. The van der Waals surface area contributed by atoms with Gasteiger partial charge in [0.15, 0.2) is 11.5 Å². The number of pyridine rings is 1. The summed E-state index contributed by atoms with van der Waals surface area (Å²) in [6, 6.07) is 23.2. The molecule has 0 saturated carbocycles. The Balaban J connectivity index is 1.13. The highest BCUT2D eigenvalue weighted by molar-refractivity contribution is 7.85. The molecule has 1 aliphatic rings. The molecule has 0 aliphatic carbocycles. The van der Waals surface area contributed by atoms with Gasteiger partial charge in [-0.15, -0.1) is 0 Å². The molecule has 0 radical (unpaired) electrons. The predicted molar refractivity (Wildman–Crippen MR) is 222 cm³/mol. The van der Waals surface area contributed by atoms with Crippen molar-refractivity contribution < 1.29 is 33.1 Å². The number of carbonyl (C=O) groups is 2. The standard InChI is InChI=1S/C43H49N5O7S/c1-43(2,3)29-25-36(41(53-4)37(26-29)47-56(5)52)46-42(51)45-35-14-15-40(33-10-7-6-9-32(33)35)55-31-16-17-44-30(27-31)23-28-12-13-34(39(50)24-28)38(49)11-8-18-48-19-21-54-22-20-48/h6-7,9-10,12-17,24-27,47,50H,8,11,18-23H2,1-5H3,(H2,45,46,51). The van der Waals surface area contributed by atoms with Crippen molar-refractivity contribution in [2.75, 3.05) is 61.6 Å². The Labute approximate surface area is 330 Å². The summed E-state index contributed by atoms with van der Waals surface area (Å²) < 4.78 is 32.4. The van der Waals surface area contributed by atoms with Crippen LogP contribution in [-0.2, 0) is 27.6 Å². The summed E-state index contributed by atoms with van der Waals surface area (Å²) in [7, 11) is 0.137. The van der Waals surface area contributed by atoms with E-state index in [2.05, 4.69) is 46.0 Å². The molecular weight excluding hydrogens is 731 g/mol. The first kappa shape index (κ1) is 40.2. The second-order valence-corrected chi connectivity index (χ2v) is 15.9. The number of amides is 2. The Kier molecular flexibility index (Phi) is 12.9. The van der Waals surface area contributed by atoms with Gasteiger partial charge in [0.2, 0.25) is 0 Å². The quantitative estimate of drug-likeness (QED) is 0.0817. The molecule has 4 N–H and O–H groups in total. The van der Waals surface area contributed by atoms with E-state index in [1.54, 1.807) is 36.5 Å². The molecule has 294 valence electrons. The van der Waals surface area contributed by atoms with Crippen molar-refractivity contribution in [1.82, 2.24) is 9.88 Å². The number of benzene rings is 4. The van der Waals surface area contributed by atoms with Crippen LogP contribution in [0.1, 0.15) is 60.8 Å². The lowest BCUT2D eigenvalue weighted by molar-refractivity contribution is 0.0371. The Bertz CT molecular complexity index is 2230. The number of ether oxygens (including phenoxy) is 3. The molecule has 5 aromatic rings. The van der Waals surface area contributed by atoms with Crippen LogP contribution in [0.2, 0.25) is 0 Å². The molecule has 1 unspecified atom stereocenters. The molecule has 12 nitrogen and oxygen atoms in total. The molecule has 4 aromatic carbocycles. The van der Waals surface area contributed by atoms with Gasteiger partial charge < -0.3 is 34.7 Å². The SMILES string of the molecule is COc1c(NC(=O)Nc2ccc(Oc3ccnc(Cc4ccc(C(=O)CCCN5CCOCC5)c(O)c4)c3)c3ccccc23)cc(C(C)(C)C)cc1NS(C)=O. The van der Waals surface area contributed by atoms with Gasteiger partial charge in [-0.3, -0.25) is 14.7 Å². The number of Topliss-reactive ketones (excluding diaryl/α,β-unsaturated/α-hetero) is 1. The van der Waals surface area contributed by atoms with Gasteiger partial charge in [-0.05, 0) is 72.0 Å². The molecule has 2 heterocycles. The van der Waals surface area contributed by atoms with Gasteiger partial charge in [0.25, 0.3) is 0 Å². The maximum Gasteiger partial charge on any atom is 0.323 e. The van der Waals surface area contributed by atoms with E-state index < -0.39 is 17.0 Å². The van der Waals surface area contributed by atoms with Crippen LogP contribution in [0.3, 0.4) is 0 Å². The summed E-state index contributed by atoms with van der Waals surface area (Å²) in [5, 5.41) is 18.2. The third-order valence-corrected chi connectivity index (χ3v) is 10.0. The summed E-state index contributed by atoms with van der Waals surface area (Å²) in [6.45, 7) is 10.2. The second kappa shape index (κ2) is 18.0. The number of phenols is 1. The topological polar surface area (TPSA) is 151 Å². The maximum absolute atomic E-state index is 13.5. The zero-order chi connectivity index (χ0) is 39.8. The number of hydrogen-bond donors (Lipinski definition) is 4. The van der Waals surface area contributed by atoms with E-state index in [0.29, 0.717) is 52.7 Å². The molecule has 1 saturated heterocycles. The predicted octanol–water partition coefficient (Wildman–Crippen LogP) is 8.27. The second-order valence-electron chi connectivity index (χ2n) is 14.7. The lowest BCUT2D eigenvalue weighted by Crippen LogP contribution is -2.36. The van der Waals surface area contributed by atoms with E-state index in [9.17, 15) is 18.9 Å². The van der Waals surface area contributed by atoms with Gasteiger partial charge in [-0.25, -0.2) is 9.00 Å². The maximum atomic E-state index is 13.5. The van der Waals surface area contributed by atoms with Gasteiger partial charge in [0.05, 0.1) is 42.9 Å². The minimum atomic E-state index is -1.36. The Morgan fingerprint density at radius 1 is 0.929 bits per heavy atom. The van der Waals surface area contributed by atoms with Gasteiger partial charge in [0, 0.05) is 60.9 Å². The van der Waals surface area contributed by atoms with Gasteiger partial charge in [-0.1, -0.05) is 51.1 Å². The molecule has 6 rings (SSSR count). The number of morpholine rings is 1. The van der Waals surface area contributed by atoms with Crippen LogP contribution in [0.4, 0.5) is 21.9 Å². The number of anilines is 3. The number of hydrogen-bond acceptors (Lipinski definition) is 9. The first-order valence-electron chi connectivity index (χ1n) is 18.6. The van der Waals surface area contributed by atoms with Crippen molar-refractivity contribution >= 4 is 50.6 Å². The Hall–Kier alpha value is -5.50. The third-order valence-electron chi connectivity index (χ3n) is 9.54. The fourth-order valence-corrected chi connectivity index (χ4v) is 7.11. The molecule has 0 bridgehead atoms. The fourth-order valence-electron chi connectivity index (χ4n) is 6.65. The Morgan fingerprint density at radius 2 is 1.66 bits per heavy atom. The Morgan fingerprint density at radius 3 is 2.38 bits per heavy atom. The number of nitrogens with one attached hydrogen (secondary N) is 3. The van der Waals surface area contributed by atoms with Crippen LogP contribution in [-0.4, -0.2) is 77.2 Å². The van der Waals surface area contributed by atoms with Crippen molar-refractivity contribution in [3.05, 3.63) is 107 Å². The fraction of sp³-hybridized carbons (Fsp3) is 0.326. The lowest BCUT2D eigenvalue weighted by Gasteiger charge is -2.26. The summed E-state index contributed by atoms with van der Waals surface area (Å²) in [4.78, 5) is 33.2. The van der Waals surface area contributed by atoms with Crippen LogP contribution in [0.25, 0.3) is 10.8 Å². The molecule has 0 spiro atoms. The van der Waals surface area contributed by atoms with Crippen LogP contribution < -0.4 is 24.8 Å². The number of aromatic hydroxyl groups is 1. The van der Waals surface area contributed by atoms with Crippen molar-refractivity contribution in [3.8, 4) is 23.0 Å². The number of rotatable bonds is 14. The molecule has 56 heavy (non-hydrogen) atoms. The molecule has 2 amide bonds. The van der Waals surface area contributed by atoms with E-state index in [-0.39, 0.29) is 16.9 Å². The van der Waals surface area contributed by atoms with E-state index in [1.807, 2.05) is 48.5 Å². The molecule has 1 aliphatic heterocycles. The van der Waals surface area contributed by atoms with E-state index in [4.69, 9.17) is 14.2 Å². The monoisotopic (exact) mass is 779 g/mol. The number of phenolic OH excluding ortho intramolecular Hbond substituents is 1. The highest BCUT2D eigenvalue weighted by atomic mass is 32.2. The minimum absolute atomic E-state index is 0.0337. The average molecular weight is 780 g/mol. The van der Waals surface area contributed by atoms with Crippen LogP contribution in [0.15, 0.2) is 85.1 Å². The summed E-state index contributed by atoms with van der Waals surface area (Å²) in [6.07, 6.45) is 4.72. The molecule has 13 heteroatoms. The van der Waals surface area contributed by atoms with E-state index >= 15 is 0 Å².